The maximum absolute atomic E-state index is 12.2. The minimum Gasteiger partial charge on any atom is -0.355 e. The molecule has 1 aromatic rings. The van der Waals surface area contributed by atoms with Crippen molar-refractivity contribution in [1.82, 2.24) is 10.6 Å². The van der Waals surface area contributed by atoms with Crippen LogP contribution in [0.4, 0.5) is 5.69 Å². The van der Waals surface area contributed by atoms with E-state index in [1.807, 2.05) is 30.3 Å². The van der Waals surface area contributed by atoms with Gasteiger partial charge in [0.15, 0.2) is 0 Å². The number of nitrogens with zero attached hydrogens (tertiary/aromatic N) is 1. The number of hydrogen-bond acceptors (Lipinski definition) is 3. The van der Waals surface area contributed by atoms with Crippen LogP contribution in [0.2, 0.25) is 0 Å². The molecule has 1 aliphatic heterocycles. The molecular formula is C17H21N3O3. The zero-order valence-electron chi connectivity index (χ0n) is 13.0. The highest BCUT2D eigenvalue weighted by Crippen LogP contribution is 2.24. The maximum atomic E-state index is 12.2. The molecule has 0 spiro atoms. The summed E-state index contributed by atoms with van der Waals surface area (Å²) in [6.45, 7) is 0.705. The first-order chi connectivity index (χ1) is 11.1. The molecule has 0 radical (unpaired) electrons. The molecule has 1 saturated carbocycles. The second-order valence-corrected chi connectivity index (χ2v) is 6.12. The highest BCUT2D eigenvalue weighted by molar-refractivity contribution is 6.00. The zero-order chi connectivity index (χ0) is 16.2. The molecule has 3 amide bonds. The molecule has 122 valence electrons. The molecule has 1 aromatic carbocycles. The van der Waals surface area contributed by atoms with Gasteiger partial charge in [0.1, 0.15) is 0 Å². The van der Waals surface area contributed by atoms with Crippen molar-refractivity contribution in [2.75, 3.05) is 18.0 Å². The Morgan fingerprint density at radius 1 is 1.17 bits per heavy atom. The van der Waals surface area contributed by atoms with E-state index in [9.17, 15) is 14.4 Å². The average Bonchev–Trinajstić information content (AvgIpc) is 3.27. The van der Waals surface area contributed by atoms with Crippen molar-refractivity contribution in [3.05, 3.63) is 30.3 Å². The number of hydrogen-bond donors (Lipinski definition) is 2. The van der Waals surface area contributed by atoms with Gasteiger partial charge in [0.05, 0.1) is 5.92 Å². The Balaban J connectivity index is 1.45. The number of nitrogens with one attached hydrogen (secondary N) is 2. The lowest BCUT2D eigenvalue weighted by Crippen LogP contribution is -2.36. The number of carbonyl (C=O) groups is 3. The van der Waals surface area contributed by atoms with Crippen LogP contribution in [0.3, 0.4) is 0 Å². The summed E-state index contributed by atoms with van der Waals surface area (Å²) in [6.07, 6.45) is 2.61. The van der Waals surface area contributed by atoms with Crippen molar-refractivity contribution in [3.63, 3.8) is 0 Å². The van der Waals surface area contributed by atoms with E-state index in [1.54, 1.807) is 4.90 Å². The number of carbonyl (C=O) groups excluding carboxylic acids is 3. The third-order valence-corrected chi connectivity index (χ3v) is 4.16. The standard InChI is InChI=1S/C17H21N3O3/c21-15(19-13-6-7-13)8-9-18-17(23)12-10-16(22)20(11-12)14-4-2-1-3-5-14/h1-5,12-13H,6-11H2,(H,18,23)(H,19,21)/t12-/m0/s1. The largest absolute Gasteiger partial charge is 0.355 e. The van der Waals surface area contributed by atoms with Crippen LogP contribution < -0.4 is 15.5 Å². The van der Waals surface area contributed by atoms with Crippen LogP contribution in [0, 0.1) is 5.92 Å². The van der Waals surface area contributed by atoms with E-state index in [-0.39, 0.29) is 36.5 Å². The summed E-state index contributed by atoms with van der Waals surface area (Å²) in [6, 6.07) is 9.69. The first-order valence-corrected chi connectivity index (χ1v) is 8.06. The minimum atomic E-state index is -0.353. The van der Waals surface area contributed by atoms with Gasteiger partial charge >= 0.3 is 0 Å². The first-order valence-electron chi connectivity index (χ1n) is 8.06. The van der Waals surface area contributed by atoms with E-state index < -0.39 is 0 Å². The summed E-state index contributed by atoms with van der Waals surface area (Å²) >= 11 is 0. The van der Waals surface area contributed by atoms with Crippen molar-refractivity contribution >= 4 is 23.4 Å². The molecule has 3 rings (SSSR count). The third kappa shape index (κ3) is 4.09. The van der Waals surface area contributed by atoms with Crippen molar-refractivity contribution in [2.24, 2.45) is 5.92 Å². The van der Waals surface area contributed by atoms with E-state index >= 15 is 0 Å². The Labute approximate surface area is 135 Å². The van der Waals surface area contributed by atoms with Crippen LogP contribution in [0.25, 0.3) is 0 Å². The predicted molar refractivity (Wildman–Crippen MR) is 85.7 cm³/mol. The van der Waals surface area contributed by atoms with Gasteiger partial charge in [-0.15, -0.1) is 0 Å². The van der Waals surface area contributed by atoms with Crippen LogP contribution in [0.1, 0.15) is 25.7 Å². The Kier molecular flexibility index (Phi) is 4.60. The maximum Gasteiger partial charge on any atom is 0.227 e. The van der Waals surface area contributed by atoms with Gasteiger partial charge < -0.3 is 15.5 Å². The summed E-state index contributed by atoms with van der Waals surface area (Å²) in [4.78, 5) is 37.4. The zero-order valence-corrected chi connectivity index (χ0v) is 13.0. The Hall–Kier alpha value is -2.37. The molecule has 1 atom stereocenters. The number of anilines is 1. The lowest BCUT2D eigenvalue weighted by Gasteiger charge is -2.16. The second-order valence-electron chi connectivity index (χ2n) is 6.12. The molecule has 1 aliphatic carbocycles. The van der Waals surface area contributed by atoms with Crippen molar-refractivity contribution in [1.29, 1.82) is 0 Å². The molecule has 0 aromatic heterocycles. The molecule has 23 heavy (non-hydrogen) atoms. The van der Waals surface area contributed by atoms with Crippen LogP contribution in [-0.2, 0) is 14.4 Å². The van der Waals surface area contributed by atoms with E-state index in [1.165, 1.54) is 0 Å². The molecule has 1 saturated heterocycles. The number of para-hydroxylation sites is 1. The average molecular weight is 315 g/mol. The Morgan fingerprint density at radius 2 is 1.91 bits per heavy atom. The lowest BCUT2D eigenvalue weighted by molar-refractivity contribution is -0.126. The van der Waals surface area contributed by atoms with Crippen molar-refractivity contribution < 1.29 is 14.4 Å². The third-order valence-electron chi connectivity index (χ3n) is 4.16. The number of benzene rings is 1. The highest BCUT2D eigenvalue weighted by Gasteiger charge is 2.34. The summed E-state index contributed by atoms with van der Waals surface area (Å²) in [7, 11) is 0. The summed E-state index contributed by atoms with van der Waals surface area (Å²) in [5.41, 5.74) is 0.816. The van der Waals surface area contributed by atoms with Gasteiger partial charge in [-0.1, -0.05) is 18.2 Å². The predicted octanol–water partition coefficient (Wildman–Crippen LogP) is 0.824. The Bertz CT molecular complexity index is 598. The molecule has 0 bridgehead atoms. The minimum absolute atomic E-state index is 0.0267. The molecule has 0 unspecified atom stereocenters. The van der Waals surface area contributed by atoms with Crippen molar-refractivity contribution in [2.45, 2.75) is 31.7 Å². The summed E-state index contributed by atoms with van der Waals surface area (Å²) in [5.74, 6) is -0.575. The van der Waals surface area contributed by atoms with Gasteiger partial charge in [0.25, 0.3) is 0 Å². The molecule has 6 nitrogen and oxygen atoms in total. The first kappa shape index (κ1) is 15.5. The fourth-order valence-corrected chi connectivity index (χ4v) is 2.71. The number of rotatable bonds is 6. The Morgan fingerprint density at radius 3 is 2.61 bits per heavy atom. The fraction of sp³-hybridized carbons (Fsp3) is 0.471. The van der Waals surface area contributed by atoms with Gasteiger partial charge in [0, 0.05) is 37.7 Å². The lowest BCUT2D eigenvalue weighted by atomic mass is 10.1. The quantitative estimate of drug-likeness (QED) is 0.816. The van der Waals surface area contributed by atoms with E-state index in [2.05, 4.69) is 10.6 Å². The molecule has 2 aliphatic rings. The SMILES string of the molecule is O=C(CCNC(=O)[C@H]1CC(=O)N(c2ccccc2)C1)NC1CC1. The van der Waals surface area contributed by atoms with Crippen molar-refractivity contribution in [3.8, 4) is 0 Å². The van der Waals surface area contributed by atoms with Crippen LogP contribution in [0.15, 0.2) is 30.3 Å². The van der Waals surface area contributed by atoms with Crippen LogP contribution >= 0.6 is 0 Å². The fourth-order valence-electron chi connectivity index (χ4n) is 2.71. The normalized spacial score (nSPS) is 20.4. The highest BCUT2D eigenvalue weighted by atomic mass is 16.2. The van der Waals surface area contributed by atoms with Gasteiger partial charge in [-0.3, -0.25) is 14.4 Å². The summed E-state index contributed by atoms with van der Waals surface area (Å²) < 4.78 is 0. The van der Waals surface area contributed by atoms with E-state index in [0.29, 0.717) is 19.1 Å². The second kappa shape index (κ2) is 6.81. The molecule has 1 heterocycles. The van der Waals surface area contributed by atoms with Gasteiger partial charge in [-0.05, 0) is 25.0 Å². The summed E-state index contributed by atoms with van der Waals surface area (Å²) in [5, 5.41) is 5.64. The van der Waals surface area contributed by atoms with E-state index in [0.717, 1.165) is 18.5 Å². The molecule has 2 N–H and O–H groups in total. The van der Waals surface area contributed by atoms with Gasteiger partial charge in [0.2, 0.25) is 17.7 Å². The molecule has 2 fully saturated rings. The topological polar surface area (TPSA) is 78.5 Å². The monoisotopic (exact) mass is 315 g/mol. The van der Waals surface area contributed by atoms with Crippen LogP contribution in [-0.4, -0.2) is 36.9 Å². The van der Waals surface area contributed by atoms with E-state index in [4.69, 9.17) is 0 Å². The molecule has 6 heteroatoms. The smallest absolute Gasteiger partial charge is 0.227 e. The number of amides is 3. The van der Waals surface area contributed by atoms with Gasteiger partial charge in [-0.25, -0.2) is 0 Å². The van der Waals surface area contributed by atoms with Gasteiger partial charge in [-0.2, -0.15) is 0 Å². The van der Waals surface area contributed by atoms with Crippen LogP contribution in [0.5, 0.6) is 0 Å². The molecular weight excluding hydrogens is 294 g/mol.